The van der Waals surface area contributed by atoms with E-state index in [1.54, 1.807) is 0 Å². The lowest BCUT2D eigenvalue weighted by atomic mass is 9.95. The lowest BCUT2D eigenvalue weighted by molar-refractivity contribution is -0.393. The Balaban J connectivity index is 1.15. The number of rotatable bonds is 16. The number of hydrogen-bond acceptors (Lipinski definition) is 31. The number of aliphatic hydroxyl groups excluding tert-OH is 17. The van der Waals surface area contributed by atoms with Crippen molar-refractivity contribution in [1.29, 1.82) is 0 Å². The largest absolute Gasteiger partial charge is 0.479 e. The second kappa shape index (κ2) is 23.2. The normalized spacial score (nSPS) is 51.4. The molecule has 0 saturated carbocycles. The first-order valence-electron chi connectivity index (χ1n) is 21.1. The molecule has 0 aromatic rings. The SMILES string of the molecule is O=C(O)[C@H]1O[C@@H](O[C@H]2[C@H](O)[C@@H](O)[C@H](O[C@@H]3[C@@H](O)[C@H](O[C@H]4[C@H](O)[C@@H](O)[C@H](O[C@@H]5[C@@H](O)[C@H](O[C@H]6[C@H](O)[C@@H](O)C(O)O[C@@H]6CO)O[C@H](C(=O)O)[C@H]5O)O[C@@H]4CO)O[C@H](C(=O)O)[C@H]3O)O[C@@H]2CO)[C@H](O)[C@@H](O)[C@@H]1O. The van der Waals surface area contributed by atoms with Crippen molar-refractivity contribution >= 4 is 17.9 Å². The molecule has 30 atom stereocenters. The van der Waals surface area contributed by atoms with E-state index in [9.17, 15) is 117 Å². The Kier molecular flexibility index (Phi) is 18.8. The summed E-state index contributed by atoms with van der Waals surface area (Å²) in [5.74, 6) is -5.67. The third-order valence-electron chi connectivity index (χ3n) is 12.3. The highest BCUT2D eigenvalue weighted by Crippen LogP contribution is 2.37. The fourth-order valence-electron chi connectivity index (χ4n) is 8.47. The number of carbonyl (C=O) groups is 3. The Labute approximate surface area is 390 Å². The zero-order valence-corrected chi connectivity index (χ0v) is 35.6. The summed E-state index contributed by atoms with van der Waals surface area (Å²) in [5.41, 5.74) is 0. The standard InChI is InChI=1S/C36H56O34/c37-1-4-20(9(42)12(45)31(59)60-4)64-35-18(51)23(16(49)26(69-35)29(55)56)66-33-15(48)11(44)22(6(3-39)62-33)65-36-19(52)24(17(50)27(70-36)30(57)58)67-32-14(47)10(43)21(5(2-38)61-32)63-34-13(46)7(40)8(41)25(68-34)28(53)54/h4-27,31-52,59H,1-3H2,(H,53,54)(H,55,56)(H,57,58)/t4-,5-,6-,7+,8+,9-,10-,11-,12-,13-,14-,15-,16+,17+,18-,19-,20-,21-,22-,23+,24+,25+,26+,27+,31?,32+,33+,34-,35-,36-/m1/s1. The summed E-state index contributed by atoms with van der Waals surface area (Å²) in [6, 6.07) is 0. The predicted octanol–water partition coefficient (Wildman–Crippen LogP) is -13.8. The quantitative estimate of drug-likeness (QED) is 0.0682. The van der Waals surface area contributed by atoms with Gasteiger partial charge in [0.05, 0.1) is 19.8 Å². The van der Waals surface area contributed by atoms with Crippen molar-refractivity contribution in [3.63, 3.8) is 0 Å². The van der Waals surface area contributed by atoms with Crippen molar-refractivity contribution in [1.82, 2.24) is 0 Å². The zero-order chi connectivity index (χ0) is 52.0. The summed E-state index contributed by atoms with van der Waals surface area (Å²) in [6.45, 7) is -3.31. The highest BCUT2D eigenvalue weighted by molar-refractivity contribution is 5.74. The number of carboxylic acids is 3. The Bertz CT molecular complexity index is 1740. The number of aliphatic carboxylic acids is 3. The molecule has 1 unspecified atom stereocenters. The molecule has 0 radical (unpaired) electrons. The molecule has 6 rings (SSSR count). The molecule has 70 heavy (non-hydrogen) atoms. The molecule has 0 aliphatic carbocycles. The topological polar surface area (TPSA) is 557 Å². The molecular formula is C36H56O34. The molecule has 6 aliphatic rings. The maximum Gasteiger partial charge on any atom is 0.335 e. The van der Waals surface area contributed by atoms with Crippen LogP contribution in [0.3, 0.4) is 0 Å². The molecule has 404 valence electrons. The molecule has 0 bridgehead atoms. The van der Waals surface area contributed by atoms with E-state index in [1.165, 1.54) is 0 Å². The van der Waals surface area contributed by atoms with Crippen LogP contribution in [-0.2, 0) is 66.5 Å². The van der Waals surface area contributed by atoms with Gasteiger partial charge < -0.3 is 154 Å². The van der Waals surface area contributed by atoms with E-state index in [1.807, 2.05) is 0 Å². The van der Waals surface area contributed by atoms with Gasteiger partial charge in [0.1, 0.15) is 128 Å². The molecule has 0 aromatic carbocycles. The van der Waals surface area contributed by atoms with E-state index in [2.05, 4.69) is 0 Å². The van der Waals surface area contributed by atoms with Gasteiger partial charge in [-0.15, -0.1) is 0 Å². The van der Waals surface area contributed by atoms with Gasteiger partial charge in [0, 0.05) is 0 Å². The Morgan fingerprint density at radius 1 is 0.300 bits per heavy atom. The average Bonchev–Trinajstić information content (AvgIpc) is 3.31. The first-order chi connectivity index (χ1) is 32.9. The zero-order valence-electron chi connectivity index (χ0n) is 35.6. The van der Waals surface area contributed by atoms with Crippen LogP contribution in [0, 0.1) is 0 Å². The lowest BCUT2D eigenvalue weighted by Gasteiger charge is -2.49. The molecule has 6 saturated heterocycles. The Morgan fingerprint density at radius 2 is 0.571 bits per heavy atom. The maximum absolute atomic E-state index is 12.3. The third-order valence-corrected chi connectivity index (χ3v) is 12.3. The molecule has 20 N–H and O–H groups in total. The molecular weight excluding hydrogens is 976 g/mol. The molecule has 34 nitrogen and oxygen atoms in total. The number of ether oxygens (including phenoxy) is 11. The molecule has 6 heterocycles. The van der Waals surface area contributed by atoms with Gasteiger partial charge in [0.25, 0.3) is 0 Å². The second-order valence-corrected chi connectivity index (χ2v) is 16.9. The smallest absolute Gasteiger partial charge is 0.335 e. The molecule has 34 heteroatoms. The van der Waals surface area contributed by atoms with Crippen molar-refractivity contribution in [2.75, 3.05) is 19.8 Å². The minimum absolute atomic E-state index is 0.978. The van der Waals surface area contributed by atoms with Crippen LogP contribution in [-0.4, -0.2) is 324 Å². The number of aliphatic hydroxyl groups is 17. The van der Waals surface area contributed by atoms with Crippen LogP contribution in [0.25, 0.3) is 0 Å². The summed E-state index contributed by atoms with van der Waals surface area (Å²) in [6.07, 6.45) is -65.7. The second-order valence-electron chi connectivity index (χ2n) is 16.9. The summed E-state index contributed by atoms with van der Waals surface area (Å²) in [4.78, 5) is 35.9. The van der Waals surface area contributed by atoms with E-state index in [0.29, 0.717) is 0 Å². The van der Waals surface area contributed by atoms with Crippen LogP contribution >= 0.6 is 0 Å². The van der Waals surface area contributed by atoms with Crippen LogP contribution in [0.1, 0.15) is 0 Å². The molecule has 0 amide bonds. The predicted molar refractivity (Wildman–Crippen MR) is 201 cm³/mol. The third kappa shape index (κ3) is 11.2. The maximum atomic E-state index is 12.3. The summed E-state index contributed by atoms with van der Waals surface area (Å²) in [7, 11) is 0. The van der Waals surface area contributed by atoms with E-state index >= 15 is 0 Å². The van der Waals surface area contributed by atoms with E-state index in [-0.39, 0.29) is 0 Å². The minimum atomic E-state index is -2.43. The van der Waals surface area contributed by atoms with Crippen molar-refractivity contribution < 1.29 is 169 Å². The van der Waals surface area contributed by atoms with Crippen LogP contribution in [0.4, 0.5) is 0 Å². The fourth-order valence-corrected chi connectivity index (χ4v) is 8.47. The minimum Gasteiger partial charge on any atom is -0.479 e. The number of carboxylic acid groups (broad SMARTS) is 3. The van der Waals surface area contributed by atoms with E-state index < -0.39 is 222 Å². The monoisotopic (exact) mass is 1030 g/mol. The Hall–Kier alpha value is -2.71. The van der Waals surface area contributed by atoms with Gasteiger partial charge in [0.15, 0.2) is 56.1 Å². The first kappa shape index (κ1) is 56.6. The summed E-state index contributed by atoms with van der Waals surface area (Å²) >= 11 is 0. The van der Waals surface area contributed by atoms with Gasteiger partial charge in [0.2, 0.25) is 0 Å². The van der Waals surface area contributed by atoms with Crippen LogP contribution in [0.2, 0.25) is 0 Å². The van der Waals surface area contributed by atoms with Crippen molar-refractivity contribution in [2.24, 2.45) is 0 Å². The molecule has 6 fully saturated rings. The first-order valence-corrected chi connectivity index (χ1v) is 21.1. The van der Waals surface area contributed by atoms with Gasteiger partial charge in [-0.3, -0.25) is 0 Å². The van der Waals surface area contributed by atoms with Crippen molar-refractivity contribution in [3.8, 4) is 0 Å². The van der Waals surface area contributed by atoms with Gasteiger partial charge in [-0.2, -0.15) is 0 Å². The number of hydrogen-bond donors (Lipinski definition) is 20. The van der Waals surface area contributed by atoms with E-state index in [4.69, 9.17) is 52.1 Å². The van der Waals surface area contributed by atoms with Gasteiger partial charge >= 0.3 is 17.9 Å². The Morgan fingerprint density at radius 3 is 0.914 bits per heavy atom. The summed E-state index contributed by atoms with van der Waals surface area (Å²) < 4.78 is 58.7. The van der Waals surface area contributed by atoms with Crippen LogP contribution in [0.5, 0.6) is 0 Å². The molecule has 0 spiro atoms. The summed E-state index contributed by atoms with van der Waals surface area (Å²) in [5, 5.41) is 209. The van der Waals surface area contributed by atoms with Gasteiger partial charge in [-0.1, -0.05) is 0 Å². The van der Waals surface area contributed by atoms with Gasteiger partial charge in [-0.05, 0) is 0 Å². The fraction of sp³-hybridized carbons (Fsp3) is 0.917. The van der Waals surface area contributed by atoms with Crippen LogP contribution in [0.15, 0.2) is 0 Å². The van der Waals surface area contributed by atoms with Gasteiger partial charge in [-0.25, -0.2) is 14.4 Å². The average molecular weight is 1030 g/mol. The molecule has 6 aliphatic heterocycles. The van der Waals surface area contributed by atoms with Crippen molar-refractivity contribution in [3.05, 3.63) is 0 Å². The highest BCUT2D eigenvalue weighted by atomic mass is 16.8. The lowest BCUT2D eigenvalue weighted by Crippen LogP contribution is -2.69. The van der Waals surface area contributed by atoms with Crippen LogP contribution < -0.4 is 0 Å². The van der Waals surface area contributed by atoms with E-state index in [0.717, 1.165) is 0 Å². The highest BCUT2D eigenvalue weighted by Gasteiger charge is 2.59. The van der Waals surface area contributed by atoms with Crippen molar-refractivity contribution in [2.45, 2.75) is 184 Å². The molecule has 0 aromatic heterocycles.